The van der Waals surface area contributed by atoms with Gasteiger partial charge in [-0.2, -0.15) is 5.21 Å². The van der Waals surface area contributed by atoms with Gasteiger partial charge in [-0.15, -0.1) is 10.2 Å². The minimum atomic E-state index is -0.625. The maximum absolute atomic E-state index is 12.1. The van der Waals surface area contributed by atoms with Crippen LogP contribution in [0.5, 0.6) is 0 Å². The van der Waals surface area contributed by atoms with Crippen molar-refractivity contribution in [2.24, 2.45) is 0 Å². The Morgan fingerprint density at radius 1 is 1.39 bits per heavy atom. The van der Waals surface area contributed by atoms with Gasteiger partial charge in [-0.3, -0.25) is 4.79 Å². The summed E-state index contributed by atoms with van der Waals surface area (Å²) in [4.78, 5) is 12.1. The van der Waals surface area contributed by atoms with Crippen LogP contribution in [0, 0.1) is 0 Å². The third kappa shape index (κ3) is 2.37. The lowest BCUT2D eigenvalue weighted by Gasteiger charge is -2.25. The predicted molar refractivity (Wildman–Crippen MR) is 65.7 cm³/mol. The van der Waals surface area contributed by atoms with Crippen LogP contribution in [0.25, 0.3) is 0 Å². The molecule has 0 fully saturated rings. The summed E-state index contributed by atoms with van der Waals surface area (Å²) in [7, 11) is 0. The standard InChI is InChI=1S/C12H15N5O/c1-3-12(2,11-14-16-17-15-11)13-10(18)9-7-5-4-6-8-9/h4-8H,3H2,1-2H3,(H,13,18)(H,14,15,16,17). The maximum Gasteiger partial charge on any atom is 0.252 e. The highest BCUT2D eigenvalue weighted by atomic mass is 16.1. The lowest BCUT2D eigenvalue weighted by atomic mass is 9.97. The van der Waals surface area contributed by atoms with Crippen molar-refractivity contribution < 1.29 is 4.79 Å². The van der Waals surface area contributed by atoms with Crippen molar-refractivity contribution in [3.05, 3.63) is 41.7 Å². The second kappa shape index (κ2) is 4.95. The smallest absolute Gasteiger partial charge is 0.252 e. The normalized spacial score (nSPS) is 13.9. The summed E-state index contributed by atoms with van der Waals surface area (Å²) in [6.07, 6.45) is 0.672. The second-order valence-electron chi connectivity index (χ2n) is 4.24. The van der Waals surface area contributed by atoms with Crippen LogP contribution in [0.1, 0.15) is 36.5 Å². The zero-order valence-electron chi connectivity index (χ0n) is 10.3. The highest BCUT2D eigenvalue weighted by molar-refractivity contribution is 5.94. The monoisotopic (exact) mass is 245 g/mol. The SMILES string of the molecule is CCC(C)(NC(=O)c1ccccc1)c1nn[nH]n1. The molecular formula is C12H15N5O. The van der Waals surface area contributed by atoms with Crippen LogP contribution in [-0.2, 0) is 5.54 Å². The number of H-pyrrole nitrogens is 1. The quantitative estimate of drug-likeness (QED) is 0.849. The number of aromatic nitrogens is 4. The molecule has 18 heavy (non-hydrogen) atoms. The van der Waals surface area contributed by atoms with Crippen molar-refractivity contribution in [1.82, 2.24) is 25.9 Å². The third-order valence-corrected chi connectivity index (χ3v) is 2.97. The Hall–Kier alpha value is -2.24. The summed E-state index contributed by atoms with van der Waals surface area (Å²) in [5.41, 5.74) is -0.0133. The van der Waals surface area contributed by atoms with Gasteiger partial charge < -0.3 is 5.32 Å². The lowest BCUT2D eigenvalue weighted by Crippen LogP contribution is -2.44. The summed E-state index contributed by atoms with van der Waals surface area (Å²) in [6.45, 7) is 3.83. The first-order valence-corrected chi connectivity index (χ1v) is 5.77. The number of carbonyl (C=O) groups is 1. The van der Waals surface area contributed by atoms with E-state index in [4.69, 9.17) is 0 Å². The highest BCUT2D eigenvalue weighted by Crippen LogP contribution is 2.20. The van der Waals surface area contributed by atoms with Gasteiger partial charge in [0.05, 0.1) is 0 Å². The number of rotatable bonds is 4. The molecule has 0 aliphatic rings. The van der Waals surface area contributed by atoms with E-state index in [1.165, 1.54) is 0 Å². The summed E-state index contributed by atoms with van der Waals surface area (Å²) in [5.74, 6) is 0.332. The van der Waals surface area contributed by atoms with E-state index in [0.717, 1.165) is 0 Å². The second-order valence-corrected chi connectivity index (χ2v) is 4.24. The van der Waals surface area contributed by atoms with Crippen molar-refractivity contribution in [3.63, 3.8) is 0 Å². The van der Waals surface area contributed by atoms with Gasteiger partial charge in [0.2, 0.25) is 0 Å². The Morgan fingerprint density at radius 3 is 2.67 bits per heavy atom. The lowest BCUT2D eigenvalue weighted by molar-refractivity contribution is 0.0897. The number of nitrogens with one attached hydrogen (secondary N) is 2. The van der Waals surface area contributed by atoms with Gasteiger partial charge in [-0.1, -0.05) is 30.3 Å². The Bertz CT molecular complexity index is 511. The van der Waals surface area contributed by atoms with Crippen molar-refractivity contribution in [2.75, 3.05) is 0 Å². The number of nitrogens with zero attached hydrogens (tertiary/aromatic N) is 3. The van der Waals surface area contributed by atoms with Crippen LogP contribution in [0.3, 0.4) is 0 Å². The molecule has 1 amide bonds. The van der Waals surface area contributed by atoms with Crippen molar-refractivity contribution in [2.45, 2.75) is 25.8 Å². The van der Waals surface area contributed by atoms with Crippen molar-refractivity contribution in [3.8, 4) is 0 Å². The fourth-order valence-corrected chi connectivity index (χ4v) is 1.61. The molecule has 1 unspecified atom stereocenters. The molecule has 1 heterocycles. The predicted octanol–water partition coefficient (Wildman–Crippen LogP) is 1.25. The average molecular weight is 245 g/mol. The van der Waals surface area contributed by atoms with Crippen LogP contribution in [0.15, 0.2) is 30.3 Å². The molecule has 1 aromatic carbocycles. The van der Waals surface area contributed by atoms with Gasteiger partial charge in [0.25, 0.3) is 5.91 Å². The third-order valence-electron chi connectivity index (χ3n) is 2.97. The van der Waals surface area contributed by atoms with Crippen LogP contribution in [0.2, 0.25) is 0 Å². The average Bonchev–Trinajstić information content (AvgIpc) is 2.94. The van der Waals surface area contributed by atoms with Crippen molar-refractivity contribution in [1.29, 1.82) is 0 Å². The molecule has 0 saturated carbocycles. The number of carbonyl (C=O) groups excluding carboxylic acids is 1. The molecule has 0 aliphatic carbocycles. The molecule has 2 aromatic rings. The summed E-state index contributed by atoms with van der Waals surface area (Å²) >= 11 is 0. The molecule has 0 spiro atoms. The Morgan fingerprint density at radius 2 is 2.11 bits per heavy atom. The van der Waals surface area contributed by atoms with E-state index in [1.807, 2.05) is 32.0 Å². The van der Waals surface area contributed by atoms with E-state index in [0.29, 0.717) is 17.8 Å². The fourth-order valence-electron chi connectivity index (χ4n) is 1.61. The Labute approximate surface area is 105 Å². The molecule has 1 atom stereocenters. The van der Waals surface area contributed by atoms with Crippen molar-refractivity contribution >= 4 is 5.91 Å². The molecule has 0 aliphatic heterocycles. The van der Waals surface area contributed by atoms with Gasteiger partial charge in [0.1, 0.15) is 5.54 Å². The first kappa shape index (κ1) is 12.2. The van der Waals surface area contributed by atoms with E-state index in [-0.39, 0.29) is 5.91 Å². The maximum atomic E-state index is 12.1. The number of hydrogen-bond acceptors (Lipinski definition) is 4. The van der Waals surface area contributed by atoms with Crippen LogP contribution in [-0.4, -0.2) is 26.5 Å². The minimum absolute atomic E-state index is 0.148. The number of amides is 1. The van der Waals surface area contributed by atoms with Crippen LogP contribution < -0.4 is 5.32 Å². The number of tetrazole rings is 1. The number of aromatic amines is 1. The van der Waals surface area contributed by atoms with E-state index in [1.54, 1.807) is 12.1 Å². The number of hydrogen-bond donors (Lipinski definition) is 2. The fraction of sp³-hybridized carbons (Fsp3) is 0.333. The van der Waals surface area contributed by atoms with Gasteiger partial charge in [-0.25, -0.2) is 0 Å². The van der Waals surface area contributed by atoms with Gasteiger partial charge in [-0.05, 0) is 25.5 Å². The van der Waals surface area contributed by atoms with Gasteiger partial charge in [0, 0.05) is 5.56 Å². The number of benzene rings is 1. The van der Waals surface area contributed by atoms with Crippen LogP contribution >= 0.6 is 0 Å². The molecular weight excluding hydrogens is 230 g/mol. The molecule has 6 heteroatoms. The van der Waals surface area contributed by atoms with E-state index >= 15 is 0 Å². The van der Waals surface area contributed by atoms with E-state index in [2.05, 4.69) is 25.9 Å². The minimum Gasteiger partial charge on any atom is -0.339 e. The first-order chi connectivity index (χ1) is 8.65. The van der Waals surface area contributed by atoms with Crippen LogP contribution in [0.4, 0.5) is 0 Å². The molecule has 6 nitrogen and oxygen atoms in total. The van der Waals surface area contributed by atoms with E-state index in [9.17, 15) is 4.79 Å². The topological polar surface area (TPSA) is 83.6 Å². The molecule has 0 bridgehead atoms. The largest absolute Gasteiger partial charge is 0.339 e. The summed E-state index contributed by atoms with van der Waals surface area (Å²) in [5, 5.41) is 16.8. The zero-order valence-corrected chi connectivity index (χ0v) is 10.3. The zero-order chi connectivity index (χ0) is 13.0. The van der Waals surface area contributed by atoms with Gasteiger partial charge >= 0.3 is 0 Å². The molecule has 2 N–H and O–H groups in total. The summed E-state index contributed by atoms with van der Waals surface area (Å²) in [6, 6.07) is 9.05. The van der Waals surface area contributed by atoms with E-state index < -0.39 is 5.54 Å². The highest BCUT2D eigenvalue weighted by Gasteiger charge is 2.31. The Balaban J connectivity index is 2.19. The molecule has 1 aromatic heterocycles. The van der Waals surface area contributed by atoms with Gasteiger partial charge in [0.15, 0.2) is 5.82 Å². The Kier molecular flexibility index (Phi) is 3.36. The molecule has 94 valence electrons. The molecule has 2 rings (SSSR count). The molecule has 0 saturated heterocycles. The summed E-state index contributed by atoms with van der Waals surface area (Å²) < 4.78 is 0. The first-order valence-electron chi connectivity index (χ1n) is 5.77. The molecule has 0 radical (unpaired) electrons.